The number of likely N-dealkylation sites (tertiary alicyclic amines) is 1. The first-order valence-electron chi connectivity index (χ1n) is 7.16. The SMILES string of the molecule is OCCCn1c(CN2CCCC2)nc2ccccc21. The largest absolute Gasteiger partial charge is 0.396 e. The lowest BCUT2D eigenvalue weighted by atomic mass is 10.3. The molecule has 0 bridgehead atoms. The zero-order valence-electron chi connectivity index (χ0n) is 11.3. The van der Waals surface area contributed by atoms with Gasteiger partial charge in [-0.3, -0.25) is 4.90 Å². The summed E-state index contributed by atoms with van der Waals surface area (Å²) in [7, 11) is 0. The molecule has 0 amide bonds. The van der Waals surface area contributed by atoms with E-state index in [1.807, 2.05) is 6.07 Å². The molecule has 2 aromatic rings. The van der Waals surface area contributed by atoms with Crippen molar-refractivity contribution in [3.63, 3.8) is 0 Å². The Labute approximate surface area is 113 Å². The molecule has 2 heterocycles. The quantitative estimate of drug-likeness (QED) is 0.893. The Kier molecular flexibility index (Phi) is 3.80. The molecule has 1 aromatic heterocycles. The molecule has 4 nitrogen and oxygen atoms in total. The lowest BCUT2D eigenvalue weighted by Gasteiger charge is -2.15. The number of imidazole rings is 1. The van der Waals surface area contributed by atoms with Crippen LogP contribution in [0.1, 0.15) is 25.1 Å². The van der Waals surface area contributed by atoms with E-state index in [0.29, 0.717) is 0 Å². The minimum atomic E-state index is 0.232. The lowest BCUT2D eigenvalue weighted by Crippen LogP contribution is -2.21. The minimum absolute atomic E-state index is 0.232. The highest BCUT2D eigenvalue weighted by Gasteiger charge is 2.16. The number of aliphatic hydroxyl groups is 1. The Bertz CT molecular complexity index is 543. The molecular formula is C15H21N3O. The fraction of sp³-hybridized carbons (Fsp3) is 0.533. The second-order valence-corrected chi connectivity index (χ2v) is 5.23. The average Bonchev–Trinajstić information content (AvgIpc) is 3.04. The maximum absolute atomic E-state index is 9.07. The van der Waals surface area contributed by atoms with Crippen molar-refractivity contribution >= 4 is 11.0 Å². The zero-order valence-corrected chi connectivity index (χ0v) is 11.3. The van der Waals surface area contributed by atoms with Gasteiger partial charge in [0.15, 0.2) is 0 Å². The Morgan fingerprint density at radius 2 is 1.95 bits per heavy atom. The molecule has 1 aliphatic heterocycles. The number of aryl methyl sites for hydroxylation is 1. The third kappa shape index (κ3) is 2.65. The molecule has 4 heteroatoms. The minimum Gasteiger partial charge on any atom is -0.396 e. The van der Waals surface area contributed by atoms with Gasteiger partial charge in [0.1, 0.15) is 5.82 Å². The summed E-state index contributed by atoms with van der Waals surface area (Å²) in [6, 6.07) is 8.27. The van der Waals surface area contributed by atoms with Crippen LogP contribution in [0, 0.1) is 0 Å². The van der Waals surface area contributed by atoms with Crippen molar-refractivity contribution in [3.05, 3.63) is 30.1 Å². The Balaban J connectivity index is 1.91. The van der Waals surface area contributed by atoms with Gasteiger partial charge in [-0.05, 0) is 44.5 Å². The van der Waals surface area contributed by atoms with Gasteiger partial charge in [-0.15, -0.1) is 0 Å². The molecule has 1 aliphatic rings. The smallest absolute Gasteiger partial charge is 0.124 e. The first-order chi connectivity index (χ1) is 9.38. The Hall–Kier alpha value is -1.39. The molecule has 0 spiro atoms. The van der Waals surface area contributed by atoms with Gasteiger partial charge in [0, 0.05) is 13.2 Å². The molecule has 1 saturated heterocycles. The number of para-hydroxylation sites is 2. The average molecular weight is 259 g/mol. The number of hydrogen-bond donors (Lipinski definition) is 1. The predicted octanol–water partition coefficient (Wildman–Crippen LogP) is 2.01. The van der Waals surface area contributed by atoms with Crippen LogP contribution in [0.15, 0.2) is 24.3 Å². The van der Waals surface area contributed by atoms with Crippen molar-refractivity contribution in [2.75, 3.05) is 19.7 Å². The van der Waals surface area contributed by atoms with Crippen LogP contribution in [0.25, 0.3) is 11.0 Å². The van der Waals surface area contributed by atoms with E-state index in [9.17, 15) is 0 Å². The van der Waals surface area contributed by atoms with Crippen molar-refractivity contribution in [1.82, 2.24) is 14.5 Å². The van der Waals surface area contributed by atoms with E-state index in [-0.39, 0.29) is 6.61 Å². The predicted molar refractivity (Wildman–Crippen MR) is 75.9 cm³/mol. The Morgan fingerprint density at radius 1 is 1.16 bits per heavy atom. The summed E-state index contributed by atoms with van der Waals surface area (Å²) < 4.78 is 2.27. The van der Waals surface area contributed by atoms with E-state index < -0.39 is 0 Å². The second-order valence-electron chi connectivity index (χ2n) is 5.23. The molecule has 1 fully saturated rings. The molecule has 3 rings (SSSR count). The first-order valence-corrected chi connectivity index (χ1v) is 7.16. The van der Waals surface area contributed by atoms with E-state index in [1.54, 1.807) is 0 Å². The van der Waals surface area contributed by atoms with Crippen molar-refractivity contribution in [2.45, 2.75) is 32.4 Å². The number of aromatic nitrogens is 2. The number of hydrogen-bond acceptors (Lipinski definition) is 3. The van der Waals surface area contributed by atoms with Crippen molar-refractivity contribution < 1.29 is 5.11 Å². The number of aliphatic hydroxyl groups excluding tert-OH is 1. The number of benzene rings is 1. The summed E-state index contributed by atoms with van der Waals surface area (Å²) in [5.74, 6) is 1.14. The van der Waals surface area contributed by atoms with Gasteiger partial charge in [0.05, 0.1) is 17.6 Å². The summed E-state index contributed by atoms with van der Waals surface area (Å²) in [5, 5.41) is 9.07. The third-order valence-corrected chi connectivity index (χ3v) is 3.84. The maximum Gasteiger partial charge on any atom is 0.124 e. The van der Waals surface area contributed by atoms with Crippen LogP contribution in [-0.4, -0.2) is 39.3 Å². The standard InChI is InChI=1S/C15H21N3O/c19-11-5-10-18-14-7-2-1-6-13(14)16-15(18)12-17-8-3-4-9-17/h1-2,6-7,19H,3-5,8-12H2. The first kappa shape index (κ1) is 12.6. The summed E-state index contributed by atoms with van der Waals surface area (Å²) >= 11 is 0. The molecular weight excluding hydrogens is 238 g/mol. The molecule has 19 heavy (non-hydrogen) atoms. The summed E-state index contributed by atoms with van der Waals surface area (Å²) in [6.45, 7) is 4.38. The van der Waals surface area contributed by atoms with Crippen LogP contribution in [0.2, 0.25) is 0 Å². The molecule has 0 radical (unpaired) electrons. The molecule has 0 unspecified atom stereocenters. The van der Waals surface area contributed by atoms with Crippen molar-refractivity contribution in [3.8, 4) is 0 Å². The van der Waals surface area contributed by atoms with Crippen LogP contribution < -0.4 is 0 Å². The molecule has 102 valence electrons. The second kappa shape index (κ2) is 5.72. The van der Waals surface area contributed by atoms with Gasteiger partial charge in [0.2, 0.25) is 0 Å². The van der Waals surface area contributed by atoms with E-state index in [0.717, 1.165) is 30.9 Å². The highest BCUT2D eigenvalue weighted by atomic mass is 16.3. The summed E-state index contributed by atoms with van der Waals surface area (Å²) in [5.41, 5.74) is 2.25. The Morgan fingerprint density at radius 3 is 2.74 bits per heavy atom. The van der Waals surface area contributed by atoms with Crippen LogP contribution in [-0.2, 0) is 13.1 Å². The van der Waals surface area contributed by atoms with Crippen LogP contribution >= 0.6 is 0 Å². The molecule has 0 aliphatic carbocycles. The zero-order chi connectivity index (χ0) is 13.1. The summed E-state index contributed by atoms with van der Waals surface area (Å²) in [4.78, 5) is 7.24. The molecule has 0 atom stereocenters. The van der Waals surface area contributed by atoms with Crippen LogP contribution in [0.4, 0.5) is 0 Å². The maximum atomic E-state index is 9.07. The highest BCUT2D eigenvalue weighted by molar-refractivity contribution is 5.75. The van der Waals surface area contributed by atoms with Gasteiger partial charge >= 0.3 is 0 Å². The van der Waals surface area contributed by atoms with E-state index >= 15 is 0 Å². The molecule has 1 N–H and O–H groups in total. The highest BCUT2D eigenvalue weighted by Crippen LogP contribution is 2.19. The number of nitrogens with zero attached hydrogens (tertiary/aromatic N) is 3. The monoisotopic (exact) mass is 259 g/mol. The van der Waals surface area contributed by atoms with Crippen LogP contribution in [0.3, 0.4) is 0 Å². The number of fused-ring (bicyclic) bond motifs is 1. The lowest BCUT2D eigenvalue weighted by molar-refractivity contribution is 0.276. The van der Waals surface area contributed by atoms with Gasteiger partial charge < -0.3 is 9.67 Å². The number of rotatable bonds is 5. The topological polar surface area (TPSA) is 41.3 Å². The molecule has 0 saturated carbocycles. The van der Waals surface area contributed by atoms with Crippen molar-refractivity contribution in [2.24, 2.45) is 0 Å². The van der Waals surface area contributed by atoms with E-state index in [2.05, 4.69) is 27.7 Å². The third-order valence-electron chi connectivity index (χ3n) is 3.84. The van der Waals surface area contributed by atoms with E-state index in [1.165, 1.54) is 31.4 Å². The fourth-order valence-corrected chi connectivity index (χ4v) is 2.87. The normalized spacial score (nSPS) is 16.5. The van der Waals surface area contributed by atoms with Gasteiger partial charge in [0.25, 0.3) is 0 Å². The summed E-state index contributed by atoms with van der Waals surface area (Å²) in [6.07, 6.45) is 3.39. The van der Waals surface area contributed by atoms with Gasteiger partial charge in [-0.2, -0.15) is 0 Å². The van der Waals surface area contributed by atoms with Crippen LogP contribution in [0.5, 0.6) is 0 Å². The fourth-order valence-electron chi connectivity index (χ4n) is 2.87. The van der Waals surface area contributed by atoms with Gasteiger partial charge in [-0.25, -0.2) is 4.98 Å². The molecule has 1 aromatic carbocycles. The van der Waals surface area contributed by atoms with E-state index in [4.69, 9.17) is 10.1 Å². The van der Waals surface area contributed by atoms with Gasteiger partial charge in [-0.1, -0.05) is 12.1 Å². The van der Waals surface area contributed by atoms with Crippen molar-refractivity contribution in [1.29, 1.82) is 0 Å².